The number of anilines is 1. The van der Waals surface area contributed by atoms with Crippen molar-refractivity contribution in [3.8, 4) is 11.3 Å². The summed E-state index contributed by atoms with van der Waals surface area (Å²) in [4.78, 5) is 28.8. The molecule has 132 valence electrons. The van der Waals surface area contributed by atoms with Crippen molar-refractivity contribution in [2.75, 3.05) is 5.32 Å². The van der Waals surface area contributed by atoms with E-state index in [0.717, 1.165) is 21.4 Å². The molecular formula is C20H20N4O2. The van der Waals surface area contributed by atoms with Crippen LogP contribution in [0.1, 0.15) is 24.1 Å². The Balaban J connectivity index is 1.79. The topological polar surface area (TPSA) is 76.9 Å². The number of carbonyl (C=O) groups is 1. The van der Waals surface area contributed by atoms with Crippen LogP contribution in [-0.2, 0) is 4.79 Å². The summed E-state index contributed by atoms with van der Waals surface area (Å²) >= 11 is 0. The van der Waals surface area contributed by atoms with Gasteiger partial charge in [-0.15, -0.1) is 0 Å². The van der Waals surface area contributed by atoms with Gasteiger partial charge < -0.3 is 5.32 Å². The fourth-order valence-electron chi connectivity index (χ4n) is 2.47. The number of amides is 1. The maximum atomic E-state index is 12.4. The zero-order valence-electron chi connectivity index (χ0n) is 14.9. The van der Waals surface area contributed by atoms with Crippen molar-refractivity contribution in [2.45, 2.75) is 26.8 Å². The Morgan fingerprint density at radius 2 is 1.58 bits per heavy atom. The van der Waals surface area contributed by atoms with Gasteiger partial charge in [-0.25, -0.2) is 9.48 Å². The number of aryl methyl sites for hydroxylation is 2. The van der Waals surface area contributed by atoms with Crippen LogP contribution in [0.3, 0.4) is 0 Å². The zero-order valence-corrected chi connectivity index (χ0v) is 14.9. The van der Waals surface area contributed by atoms with E-state index in [0.29, 0.717) is 11.4 Å². The van der Waals surface area contributed by atoms with Crippen LogP contribution in [0.15, 0.2) is 59.5 Å². The zero-order chi connectivity index (χ0) is 18.7. The van der Waals surface area contributed by atoms with Crippen LogP contribution in [0.4, 0.5) is 5.69 Å². The lowest BCUT2D eigenvalue weighted by atomic mass is 10.1. The van der Waals surface area contributed by atoms with Crippen molar-refractivity contribution in [3.63, 3.8) is 0 Å². The van der Waals surface area contributed by atoms with Gasteiger partial charge in [0.05, 0.1) is 11.9 Å². The Kier molecular flexibility index (Phi) is 4.93. The lowest BCUT2D eigenvalue weighted by molar-refractivity contribution is -0.119. The van der Waals surface area contributed by atoms with Crippen LogP contribution in [-0.4, -0.2) is 20.7 Å². The van der Waals surface area contributed by atoms with Crippen LogP contribution in [0.5, 0.6) is 0 Å². The van der Waals surface area contributed by atoms with E-state index >= 15 is 0 Å². The van der Waals surface area contributed by atoms with E-state index in [1.807, 2.05) is 62.4 Å². The molecule has 0 aliphatic rings. The van der Waals surface area contributed by atoms with E-state index < -0.39 is 11.7 Å². The molecule has 3 rings (SSSR count). The molecule has 1 atom stereocenters. The van der Waals surface area contributed by atoms with Crippen LogP contribution in [0, 0.1) is 13.8 Å². The number of hydrogen-bond acceptors (Lipinski definition) is 4. The minimum Gasteiger partial charge on any atom is -0.324 e. The Morgan fingerprint density at radius 1 is 1.00 bits per heavy atom. The highest BCUT2D eigenvalue weighted by molar-refractivity contribution is 5.93. The number of nitrogens with one attached hydrogen (secondary N) is 1. The molecule has 0 aliphatic heterocycles. The van der Waals surface area contributed by atoms with Gasteiger partial charge in [0.25, 0.3) is 0 Å². The number of benzene rings is 2. The fraction of sp³-hybridized carbons (Fsp3) is 0.200. The van der Waals surface area contributed by atoms with Gasteiger partial charge in [-0.05, 0) is 32.9 Å². The van der Waals surface area contributed by atoms with E-state index in [2.05, 4.69) is 15.4 Å². The number of aromatic nitrogens is 3. The predicted molar refractivity (Wildman–Crippen MR) is 101 cm³/mol. The Morgan fingerprint density at radius 3 is 2.15 bits per heavy atom. The molecule has 1 aromatic heterocycles. The first kappa shape index (κ1) is 17.5. The second-order valence-electron chi connectivity index (χ2n) is 6.27. The van der Waals surface area contributed by atoms with Gasteiger partial charge >= 0.3 is 5.69 Å². The second-order valence-corrected chi connectivity index (χ2v) is 6.27. The summed E-state index contributed by atoms with van der Waals surface area (Å²) < 4.78 is 1.08. The van der Waals surface area contributed by atoms with Gasteiger partial charge in [0.2, 0.25) is 5.91 Å². The van der Waals surface area contributed by atoms with Gasteiger partial charge in [0.1, 0.15) is 6.04 Å². The third kappa shape index (κ3) is 3.85. The van der Waals surface area contributed by atoms with Crippen molar-refractivity contribution in [2.24, 2.45) is 0 Å². The summed E-state index contributed by atoms with van der Waals surface area (Å²) in [6.07, 6.45) is 1.50. The molecule has 26 heavy (non-hydrogen) atoms. The number of nitrogens with zero attached hydrogens (tertiary/aromatic N) is 3. The van der Waals surface area contributed by atoms with Crippen molar-refractivity contribution in [1.82, 2.24) is 14.8 Å². The van der Waals surface area contributed by atoms with Crippen molar-refractivity contribution in [3.05, 3.63) is 76.3 Å². The summed E-state index contributed by atoms with van der Waals surface area (Å²) in [5.41, 5.74) is 3.63. The molecule has 0 fully saturated rings. The van der Waals surface area contributed by atoms with E-state index in [1.165, 1.54) is 6.20 Å². The van der Waals surface area contributed by atoms with E-state index in [-0.39, 0.29) is 5.91 Å². The highest BCUT2D eigenvalue weighted by Gasteiger charge is 2.18. The molecule has 0 unspecified atom stereocenters. The monoisotopic (exact) mass is 348 g/mol. The summed E-state index contributed by atoms with van der Waals surface area (Å²) in [7, 11) is 0. The predicted octanol–water partition coefficient (Wildman–Crippen LogP) is 3.12. The quantitative estimate of drug-likeness (QED) is 0.786. The maximum absolute atomic E-state index is 12.4. The van der Waals surface area contributed by atoms with Crippen LogP contribution in [0.25, 0.3) is 11.3 Å². The molecule has 1 amide bonds. The summed E-state index contributed by atoms with van der Waals surface area (Å²) in [6.45, 7) is 5.58. The third-order valence-electron chi connectivity index (χ3n) is 4.13. The number of carbonyl (C=O) groups excluding carboxylic acids is 1. The molecule has 0 spiro atoms. The molecule has 0 radical (unpaired) electrons. The second kappa shape index (κ2) is 7.31. The van der Waals surface area contributed by atoms with E-state index in [9.17, 15) is 9.59 Å². The first-order valence-electron chi connectivity index (χ1n) is 8.34. The normalized spacial score (nSPS) is 11.8. The molecule has 6 heteroatoms. The van der Waals surface area contributed by atoms with Gasteiger partial charge in [0.15, 0.2) is 0 Å². The van der Waals surface area contributed by atoms with Crippen LogP contribution < -0.4 is 11.0 Å². The van der Waals surface area contributed by atoms with E-state index in [4.69, 9.17) is 0 Å². The molecule has 3 aromatic rings. The standard InChI is InChI=1S/C20H20N4O2/c1-13-4-8-16(9-5-13)18-12-21-24(20(26)23-18)15(3)19(25)22-17-10-6-14(2)7-11-17/h4-12,15H,1-3H3,(H,22,25)/t15-/m1/s1. The van der Waals surface area contributed by atoms with Crippen molar-refractivity contribution >= 4 is 11.6 Å². The molecule has 0 saturated carbocycles. The molecule has 0 bridgehead atoms. The van der Waals surface area contributed by atoms with Gasteiger partial charge in [-0.1, -0.05) is 47.5 Å². The Bertz CT molecular complexity index is 976. The first-order chi connectivity index (χ1) is 12.4. The molecule has 2 aromatic carbocycles. The molecular weight excluding hydrogens is 328 g/mol. The maximum Gasteiger partial charge on any atom is 0.365 e. The first-order valence-corrected chi connectivity index (χ1v) is 8.34. The smallest absolute Gasteiger partial charge is 0.324 e. The van der Waals surface area contributed by atoms with Crippen molar-refractivity contribution in [1.29, 1.82) is 0 Å². The minimum absolute atomic E-state index is 0.326. The average molecular weight is 348 g/mol. The minimum atomic E-state index is -0.775. The lowest BCUT2D eigenvalue weighted by Crippen LogP contribution is -2.34. The molecule has 0 saturated heterocycles. The van der Waals surface area contributed by atoms with Crippen LogP contribution >= 0.6 is 0 Å². The number of rotatable bonds is 4. The van der Waals surface area contributed by atoms with Gasteiger partial charge in [-0.3, -0.25) is 4.79 Å². The highest BCUT2D eigenvalue weighted by Crippen LogP contribution is 2.16. The summed E-state index contributed by atoms with van der Waals surface area (Å²) in [6, 6.07) is 14.3. The Hall–Kier alpha value is -3.28. The average Bonchev–Trinajstić information content (AvgIpc) is 2.63. The summed E-state index contributed by atoms with van der Waals surface area (Å²) in [5.74, 6) is -0.326. The van der Waals surface area contributed by atoms with Crippen LogP contribution in [0.2, 0.25) is 0 Å². The van der Waals surface area contributed by atoms with Gasteiger partial charge in [0, 0.05) is 11.3 Å². The lowest BCUT2D eigenvalue weighted by Gasteiger charge is -2.14. The van der Waals surface area contributed by atoms with Crippen molar-refractivity contribution < 1.29 is 4.79 Å². The summed E-state index contributed by atoms with van der Waals surface area (Å²) in [5, 5.41) is 6.92. The third-order valence-corrected chi connectivity index (χ3v) is 4.13. The highest BCUT2D eigenvalue weighted by atomic mass is 16.2. The molecule has 0 aliphatic carbocycles. The molecule has 6 nitrogen and oxygen atoms in total. The van der Waals surface area contributed by atoms with E-state index in [1.54, 1.807) is 6.92 Å². The number of hydrogen-bond donors (Lipinski definition) is 1. The molecule has 1 N–H and O–H groups in total. The molecule has 1 heterocycles. The SMILES string of the molecule is Cc1ccc(NC(=O)[C@@H](C)n2ncc(-c3ccc(C)cc3)nc2=O)cc1. The Labute approximate surface area is 151 Å². The van der Waals surface area contributed by atoms with Gasteiger partial charge in [-0.2, -0.15) is 10.1 Å². The largest absolute Gasteiger partial charge is 0.365 e. The fourth-order valence-corrected chi connectivity index (χ4v) is 2.47.